The summed E-state index contributed by atoms with van der Waals surface area (Å²) < 4.78 is 25.7. The van der Waals surface area contributed by atoms with Crippen LogP contribution in [0.4, 0.5) is 5.69 Å². The summed E-state index contributed by atoms with van der Waals surface area (Å²) in [6, 6.07) is 7.57. The van der Waals surface area contributed by atoms with Gasteiger partial charge in [-0.1, -0.05) is 17.8 Å². The fraction of sp³-hybridized carbons (Fsp3) is 0.250. The van der Waals surface area contributed by atoms with E-state index in [1.54, 1.807) is 17.7 Å². The van der Waals surface area contributed by atoms with E-state index in [1.807, 2.05) is 19.9 Å². The number of benzene rings is 1. The lowest BCUT2D eigenvalue weighted by atomic mass is 10.3. The summed E-state index contributed by atoms with van der Waals surface area (Å²) in [6.45, 7) is 5.39. The van der Waals surface area contributed by atoms with Crippen molar-refractivity contribution in [3.63, 3.8) is 0 Å². The van der Waals surface area contributed by atoms with E-state index in [1.165, 1.54) is 22.9 Å². The van der Waals surface area contributed by atoms with Gasteiger partial charge in [0.15, 0.2) is 0 Å². The minimum absolute atomic E-state index is 0.0909. The Kier molecular flexibility index (Phi) is 5.64. The van der Waals surface area contributed by atoms with Crippen LogP contribution in [0.5, 0.6) is 0 Å². The Morgan fingerprint density at radius 3 is 2.59 bits per heavy atom. The first-order valence-corrected chi connectivity index (χ1v) is 10.8. The number of thioether (sulfide) groups is 1. The maximum Gasteiger partial charge on any atom is 0.271 e. The van der Waals surface area contributed by atoms with E-state index in [0.29, 0.717) is 16.8 Å². The van der Waals surface area contributed by atoms with E-state index in [9.17, 15) is 13.2 Å². The minimum Gasteiger partial charge on any atom is -0.334 e. The molecule has 1 unspecified atom stereocenters. The zero-order valence-electron chi connectivity index (χ0n) is 15.9. The van der Waals surface area contributed by atoms with Gasteiger partial charge in [0.25, 0.3) is 5.95 Å². The molecule has 1 atom stereocenters. The number of nitrogens with two attached hydrogens (primary N) is 2. The molecule has 0 saturated heterocycles. The van der Waals surface area contributed by atoms with Crippen molar-refractivity contribution in [3.05, 3.63) is 41.7 Å². The van der Waals surface area contributed by atoms with Gasteiger partial charge in [-0.2, -0.15) is 5.10 Å². The van der Waals surface area contributed by atoms with Crippen molar-refractivity contribution in [2.75, 3.05) is 11.2 Å². The maximum absolute atomic E-state index is 12.5. The predicted molar refractivity (Wildman–Crippen MR) is 109 cm³/mol. The molecule has 11 nitrogen and oxygen atoms in total. The van der Waals surface area contributed by atoms with Crippen LogP contribution in [0.3, 0.4) is 0 Å². The number of aromatic nitrogens is 5. The number of primary sulfonamides is 1. The molecule has 1 aromatic carbocycles. The molecule has 0 fully saturated rings. The standard InChI is InChI=1S/C16H20N8O3S2/c1-9-7-10(2)24(22-9)15-20-21-16(23(15)17)28-11(3)14(25)19-12-5-4-6-13(8-12)29(18,26)27/h4-8,11H,17H2,1-3H3,(H,19,25)(H2,18,26,27). The van der Waals surface area contributed by atoms with Gasteiger partial charge in [-0.25, -0.2) is 22.9 Å². The number of carbonyl (C=O) groups excluding carboxylic acids is 1. The van der Waals surface area contributed by atoms with Gasteiger partial charge < -0.3 is 11.2 Å². The van der Waals surface area contributed by atoms with E-state index in [-0.39, 0.29) is 10.8 Å². The molecule has 0 saturated carbocycles. The summed E-state index contributed by atoms with van der Waals surface area (Å²) in [4.78, 5) is 12.4. The number of nitrogen functional groups attached to an aromatic ring is 1. The Labute approximate surface area is 171 Å². The summed E-state index contributed by atoms with van der Waals surface area (Å²) >= 11 is 1.10. The van der Waals surface area contributed by atoms with Crippen LogP contribution in [0, 0.1) is 13.8 Å². The van der Waals surface area contributed by atoms with Gasteiger partial charge in [0.1, 0.15) is 0 Å². The molecule has 154 valence electrons. The Hall–Kier alpha value is -2.90. The van der Waals surface area contributed by atoms with E-state index in [0.717, 1.165) is 23.1 Å². The van der Waals surface area contributed by atoms with Crippen molar-refractivity contribution in [2.45, 2.75) is 36.1 Å². The average molecular weight is 437 g/mol. The quantitative estimate of drug-likeness (QED) is 0.373. The Balaban J connectivity index is 1.73. The second kappa shape index (κ2) is 7.85. The Morgan fingerprint density at radius 1 is 1.24 bits per heavy atom. The second-order valence-corrected chi connectivity index (χ2v) is 9.18. The summed E-state index contributed by atoms with van der Waals surface area (Å²) in [5.74, 6) is 6.04. The number of sulfonamides is 1. The van der Waals surface area contributed by atoms with Crippen LogP contribution in [0.25, 0.3) is 5.95 Å². The minimum atomic E-state index is -3.86. The number of hydrogen-bond donors (Lipinski definition) is 3. The van der Waals surface area contributed by atoms with E-state index in [2.05, 4.69) is 20.6 Å². The molecule has 13 heteroatoms. The third-order valence-corrected chi connectivity index (χ3v) is 5.89. The monoisotopic (exact) mass is 436 g/mol. The molecule has 0 aliphatic carbocycles. The molecule has 3 rings (SSSR count). The van der Waals surface area contributed by atoms with Gasteiger partial charge in [-0.15, -0.1) is 10.2 Å². The van der Waals surface area contributed by atoms with Crippen molar-refractivity contribution in [2.24, 2.45) is 5.14 Å². The molecule has 0 aliphatic heterocycles. The first kappa shape index (κ1) is 20.8. The smallest absolute Gasteiger partial charge is 0.271 e. The van der Waals surface area contributed by atoms with Crippen molar-refractivity contribution in [3.8, 4) is 5.95 Å². The molecular weight excluding hydrogens is 416 g/mol. The SMILES string of the molecule is Cc1cc(C)n(-c2nnc(SC(C)C(=O)Nc3cccc(S(N)(=O)=O)c3)n2N)n1. The fourth-order valence-electron chi connectivity index (χ4n) is 2.53. The van der Waals surface area contributed by atoms with Crippen LogP contribution >= 0.6 is 11.8 Å². The van der Waals surface area contributed by atoms with Crippen LogP contribution in [0.2, 0.25) is 0 Å². The first-order valence-electron chi connectivity index (χ1n) is 8.41. The number of amides is 1. The molecule has 2 heterocycles. The molecule has 2 aromatic heterocycles. The highest BCUT2D eigenvalue weighted by Gasteiger charge is 2.21. The van der Waals surface area contributed by atoms with Gasteiger partial charge in [0, 0.05) is 11.4 Å². The largest absolute Gasteiger partial charge is 0.334 e. The van der Waals surface area contributed by atoms with Crippen molar-refractivity contribution < 1.29 is 13.2 Å². The van der Waals surface area contributed by atoms with Crippen molar-refractivity contribution in [1.29, 1.82) is 0 Å². The molecule has 0 aliphatic rings. The Bertz CT molecular complexity index is 1170. The number of nitrogens with one attached hydrogen (secondary N) is 1. The van der Waals surface area contributed by atoms with Crippen molar-refractivity contribution >= 4 is 33.4 Å². The topological polar surface area (TPSA) is 164 Å². The van der Waals surface area contributed by atoms with Crippen LogP contribution in [-0.4, -0.2) is 44.2 Å². The van der Waals surface area contributed by atoms with Crippen molar-refractivity contribution in [1.82, 2.24) is 24.7 Å². The highest BCUT2D eigenvalue weighted by Crippen LogP contribution is 2.24. The average Bonchev–Trinajstić information content (AvgIpc) is 3.16. The lowest BCUT2D eigenvalue weighted by molar-refractivity contribution is -0.115. The highest BCUT2D eigenvalue weighted by atomic mass is 32.2. The molecular formula is C16H20N8O3S2. The molecule has 0 spiro atoms. The highest BCUT2D eigenvalue weighted by molar-refractivity contribution is 8.00. The zero-order valence-corrected chi connectivity index (χ0v) is 17.5. The van der Waals surface area contributed by atoms with Crippen LogP contribution in [-0.2, 0) is 14.8 Å². The zero-order chi connectivity index (χ0) is 21.3. The number of hydrogen-bond acceptors (Lipinski definition) is 8. The number of rotatable bonds is 6. The van der Waals surface area contributed by atoms with Crippen LogP contribution < -0.4 is 16.3 Å². The second-order valence-electron chi connectivity index (χ2n) is 6.31. The lowest BCUT2D eigenvalue weighted by Gasteiger charge is -2.12. The predicted octanol–water partition coefficient (Wildman–Crippen LogP) is 0.561. The third kappa shape index (κ3) is 4.58. The molecule has 0 radical (unpaired) electrons. The Morgan fingerprint density at radius 2 is 1.97 bits per heavy atom. The molecule has 3 aromatic rings. The molecule has 29 heavy (non-hydrogen) atoms. The summed E-state index contributed by atoms with van der Waals surface area (Å²) in [6.07, 6.45) is 0. The van der Waals surface area contributed by atoms with E-state index < -0.39 is 15.3 Å². The molecule has 5 N–H and O–H groups in total. The number of anilines is 1. The summed E-state index contributed by atoms with van der Waals surface area (Å²) in [5.41, 5.74) is 1.97. The van der Waals surface area contributed by atoms with Crippen LogP contribution in [0.1, 0.15) is 18.3 Å². The summed E-state index contributed by atoms with van der Waals surface area (Å²) in [7, 11) is -3.86. The molecule has 0 bridgehead atoms. The number of carbonyl (C=O) groups is 1. The maximum atomic E-state index is 12.5. The van der Waals surface area contributed by atoms with Gasteiger partial charge >= 0.3 is 0 Å². The van der Waals surface area contributed by atoms with E-state index in [4.69, 9.17) is 11.0 Å². The lowest BCUT2D eigenvalue weighted by Crippen LogP contribution is -2.24. The summed E-state index contributed by atoms with van der Waals surface area (Å²) in [5, 5.41) is 19.9. The molecule has 1 amide bonds. The fourth-order valence-corrected chi connectivity index (χ4v) is 3.86. The van der Waals surface area contributed by atoms with Gasteiger partial charge in [-0.3, -0.25) is 4.79 Å². The first-order chi connectivity index (χ1) is 13.6. The third-order valence-electron chi connectivity index (χ3n) is 3.93. The number of aryl methyl sites for hydroxylation is 2. The van der Waals surface area contributed by atoms with E-state index >= 15 is 0 Å². The normalized spacial score (nSPS) is 12.7. The van der Waals surface area contributed by atoms with Gasteiger partial charge in [0.2, 0.25) is 21.1 Å². The van der Waals surface area contributed by atoms with Crippen LogP contribution in [0.15, 0.2) is 40.4 Å². The number of nitrogens with zero attached hydrogens (tertiary/aromatic N) is 5. The van der Waals surface area contributed by atoms with Gasteiger partial charge in [0.05, 0.1) is 15.8 Å². The van der Waals surface area contributed by atoms with Gasteiger partial charge in [-0.05, 0) is 45.0 Å².